The molecule has 1 unspecified atom stereocenters. The van der Waals surface area contributed by atoms with Crippen LogP contribution in [0, 0.1) is 0 Å². The van der Waals surface area contributed by atoms with Crippen molar-refractivity contribution in [2.24, 2.45) is 0 Å². The third-order valence-electron chi connectivity index (χ3n) is 3.95. The highest BCUT2D eigenvalue weighted by molar-refractivity contribution is 6.35. The number of amides is 2. The number of benzene rings is 2. The van der Waals surface area contributed by atoms with E-state index in [1.54, 1.807) is 50.4 Å². The molecule has 0 aliphatic heterocycles. The van der Waals surface area contributed by atoms with E-state index in [9.17, 15) is 14.7 Å². The average molecular weight is 391 g/mol. The highest BCUT2D eigenvalue weighted by Crippen LogP contribution is 2.16. The maximum Gasteiger partial charge on any atom is 0.309 e. The summed E-state index contributed by atoms with van der Waals surface area (Å²) in [6, 6.07) is 14.2. The highest BCUT2D eigenvalue weighted by Gasteiger charge is 2.23. The van der Waals surface area contributed by atoms with E-state index in [2.05, 4.69) is 10.6 Å². The number of hydrogen-bond acceptors (Lipinski definition) is 4. The van der Waals surface area contributed by atoms with E-state index in [0.29, 0.717) is 11.4 Å². The van der Waals surface area contributed by atoms with Crippen LogP contribution in [0.3, 0.4) is 0 Å². The van der Waals surface area contributed by atoms with Crippen LogP contribution in [0.15, 0.2) is 48.5 Å². The molecule has 3 N–H and O–H groups in total. The van der Waals surface area contributed by atoms with Gasteiger partial charge in [0.2, 0.25) is 0 Å². The lowest BCUT2D eigenvalue weighted by Crippen LogP contribution is -2.47. The first-order chi connectivity index (χ1) is 12.8. The van der Waals surface area contributed by atoms with E-state index >= 15 is 0 Å². The van der Waals surface area contributed by atoms with Crippen LogP contribution in [0.4, 0.5) is 0 Å². The fraction of sp³-hybridized carbons (Fsp3) is 0.300. The van der Waals surface area contributed by atoms with Crippen LogP contribution in [0.1, 0.15) is 18.1 Å². The Kier molecular flexibility index (Phi) is 7.21. The summed E-state index contributed by atoms with van der Waals surface area (Å²) >= 11 is 5.80. The van der Waals surface area contributed by atoms with Crippen LogP contribution in [-0.4, -0.2) is 36.2 Å². The van der Waals surface area contributed by atoms with Gasteiger partial charge in [-0.25, -0.2) is 0 Å². The van der Waals surface area contributed by atoms with Crippen molar-refractivity contribution in [2.45, 2.75) is 25.5 Å². The molecule has 27 heavy (non-hydrogen) atoms. The van der Waals surface area contributed by atoms with E-state index in [0.717, 1.165) is 16.9 Å². The Labute approximate surface area is 163 Å². The zero-order valence-corrected chi connectivity index (χ0v) is 16.0. The third kappa shape index (κ3) is 6.92. The number of methoxy groups -OCH3 is 1. The molecule has 7 heteroatoms. The first-order valence-corrected chi connectivity index (χ1v) is 8.83. The molecule has 2 aromatic carbocycles. The largest absolute Gasteiger partial charge is 0.497 e. The van der Waals surface area contributed by atoms with Gasteiger partial charge in [-0.1, -0.05) is 35.9 Å². The molecule has 0 spiro atoms. The van der Waals surface area contributed by atoms with Gasteiger partial charge >= 0.3 is 11.8 Å². The van der Waals surface area contributed by atoms with Crippen LogP contribution >= 0.6 is 11.6 Å². The normalized spacial score (nSPS) is 12.7. The van der Waals surface area contributed by atoms with Crippen molar-refractivity contribution < 1.29 is 19.4 Å². The van der Waals surface area contributed by atoms with Crippen molar-refractivity contribution in [3.8, 4) is 5.75 Å². The number of halogens is 1. The molecule has 2 aromatic rings. The number of hydrogen-bond donors (Lipinski definition) is 3. The molecule has 0 radical (unpaired) electrons. The standard InChI is InChI=1S/C20H23ClN2O4/c1-20(26,11-14-5-9-17(27-2)10-6-14)13-23-19(25)18(24)22-12-15-3-7-16(21)8-4-15/h3-10,26H,11-13H2,1-2H3,(H,22,24)(H,23,25). The molecule has 1 atom stereocenters. The van der Waals surface area contributed by atoms with Crippen molar-refractivity contribution in [3.05, 3.63) is 64.7 Å². The molecular weight excluding hydrogens is 368 g/mol. The molecule has 0 saturated carbocycles. The molecule has 0 saturated heterocycles. The summed E-state index contributed by atoms with van der Waals surface area (Å²) in [6.45, 7) is 1.76. The minimum atomic E-state index is -1.19. The highest BCUT2D eigenvalue weighted by atomic mass is 35.5. The average Bonchev–Trinajstić information content (AvgIpc) is 2.65. The summed E-state index contributed by atoms with van der Waals surface area (Å²) < 4.78 is 5.09. The van der Waals surface area contributed by atoms with Gasteiger partial charge < -0.3 is 20.5 Å². The Hall–Kier alpha value is -2.57. The lowest BCUT2D eigenvalue weighted by Gasteiger charge is -2.23. The first-order valence-electron chi connectivity index (χ1n) is 8.45. The topological polar surface area (TPSA) is 87.7 Å². The SMILES string of the molecule is COc1ccc(CC(C)(O)CNC(=O)C(=O)NCc2ccc(Cl)cc2)cc1. The second-order valence-electron chi connectivity index (χ2n) is 6.51. The van der Waals surface area contributed by atoms with E-state index in [4.69, 9.17) is 16.3 Å². The molecule has 6 nitrogen and oxygen atoms in total. The second kappa shape index (κ2) is 9.39. The number of carbonyl (C=O) groups is 2. The van der Waals surface area contributed by atoms with Crippen molar-refractivity contribution in [2.75, 3.05) is 13.7 Å². The molecule has 0 heterocycles. The van der Waals surface area contributed by atoms with Crippen LogP contribution in [0.5, 0.6) is 5.75 Å². The van der Waals surface area contributed by atoms with E-state index in [1.165, 1.54) is 0 Å². The van der Waals surface area contributed by atoms with Gasteiger partial charge in [0.25, 0.3) is 0 Å². The van der Waals surface area contributed by atoms with Crippen LogP contribution in [0.25, 0.3) is 0 Å². The van der Waals surface area contributed by atoms with Crippen molar-refractivity contribution in [3.63, 3.8) is 0 Å². The summed E-state index contributed by atoms with van der Waals surface area (Å²) in [5.74, 6) is -0.826. The number of rotatable bonds is 7. The van der Waals surface area contributed by atoms with Gasteiger partial charge in [0.1, 0.15) is 5.75 Å². The summed E-state index contributed by atoms with van der Waals surface area (Å²) in [4.78, 5) is 23.8. The lowest BCUT2D eigenvalue weighted by molar-refractivity contribution is -0.139. The Morgan fingerprint density at radius 2 is 1.56 bits per heavy atom. The predicted molar refractivity (Wildman–Crippen MR) is 104 cm³/mol. The van der Waals surface area contributed by atoms with Gasteiger partial charge in [-0.15, -0.1) is 0 Å². The van der Waals surface area contributed by atoms with E-state index in [1.807, 2.05) is 12.1 Å². The molecule has 0 aliphatic carbocycles. The van der Waals surface area contributed by atoms with E-state index < -0.39 is 17.4 Å². The molecule has 0 aliphatic rings. The zero-order chi connectivity index (χ0) is 19.9. The minimum absolute atomic E-state index is 0.0494. The smallest absolute Gasteiger partial charge is 0.309 e. The molecule has 2 rings (SSSR count). The maximum absolute atomic E-state index is 11.9. The van der Waals surface area contributed by atoms with Gasteiger partial charge in [-0.3, -0.25) is 9.59 Å². The van der Waals surface area contributed by atoms with E-state index in [-0.39, 0.29) is 13.1 Å². The molecule has 2 amide bonds. The summed E-state index contributed by atoms with van der Waals surface area (Å²) in [6.07, 6.45) is 0.323. The Morgan fingerprint density at radius 1 is 1.00 bits per heavy atom. The number of aliphatic hydroxyl groups is 1. The minimum Gasteiger partial charge on any atom is -0.497 e. The van der Waals surface area contributed by atoms with Crippen molar-refractivity contribution >= 4 is 23.4 Å². The van der Waals surface area contributed by atoms with Crippen molar-refractivity contribution in [1.29, 1.82) is 0 Å². The molecule has 144 valence electrons. The van der Waals surface area contributed by atoms with Gasteiger partial charge in [0.15, 0.2) is 0 Å². The molecule has 0 bridgehead atoms. The Bertz CT molecular complexity index is 774. The first kappa shape index (κ1) is 20.7. The number of ether oxygens (including phenoxy) is 1. The third-order valence-corrected chi connectivity index (χ3v) is 4.20. The molecule has 0 fully saturated rings. The second-order valence-corrected chi connectivity index (χ2v) is 6.95. The predicted octanol–water partition coefficient (Wildman–Crippen LogP) is 2.07. The van der Waals surface area contributed by atoms with Crippen LogP contribution in [0.2, 0.25) is 5.02 Å². The Morgan fingerprint density at radius 3 is 2.15 bits per heavy atom. The van der Waals surface area contributed by atoms with Gasteiger partial charge in [0, 0.05) is 24.5 Å². The molecule has 0 aromatic heterocycles. The fourth-order valence-electron chi connectivity index (χ4n) is 2.46. The summed E-state index contributed by atoms with van der Waals surface area (Å²) in [5.41, 5.74) is 0.523. The summed E-state index contributed by atoms with van der Waals surface area (Å²) in [7, 11) is 1.58. The Balaban J connectivity index is 1.79. The quantitative estimate of drug-likeness (QED) is 0.631. The van der Waals surface area contributed by atoms with Gasteiger partial charge in [-0.05, 0) is 42.3 Å². The van der Waals surface area contributed by atoms with Crippen LogP contribution in [-0.2, 0) is 22.6 Å². The number of nitrogens with one attached hydrogen (secondary N) is 2. The monoisotopic (exact) mass is 390 g/mol. The number of carbonyl (C=O) groups excluding carboxylic acids is 2. The van der Waals surface area contributed by atoms with Crippen molar-refractivity contribution in [1.82, 2.24) is 10.6 Å². The lowest BCUT2D eigenvalue weighted by atomic mass is 9.96. The van der Waals surface area contributed by atoms with Crippen LogP contribution < -0.4 is 15.4 Å². The molecular formula is C20H23ClN2O4. The fourth-order valence-corrected chi connectivity index (χ4v) is 2.59. The summed E-state index contributed by atoms with van der Waals surface area (Å²) in [5, 5.41) is 16.1. The van der Waals surface area contributed by atoms with Gasteiger partial charge in [0.05, 0.1) is 12.7 Å². The maximum atomic E-state index is 11.9. The van der Waals surface area contributed by atoms with Gasteiger partial charge in [-0.2, -0.15) is 0 Å². The zero-order valence-electron chi connectivity index (χ0n) is 15.3.